The van der Waals surface area contributed by atoms with Crippen molar-refractivity contribution in [1.29, 1.82) is 5.41 Å². The van der Waals surface area contributed by atoms with Crippen LogP contribution in [0.15, 0.2) is 30.3 Å². The third-order valence-electron chi connectivity index (χ3n) is 7.33. The summed E-state index contributed by atoms with van der Waals surface area (Å²) >= 11 is 0. The van der Waals surface area contributed by atoms with Crippen molar-refractivity contribution in [3.8, 4) is 0 Å². The molecule has 0 saturated heterocycles. The third kappa shape index (κ3) is 2.32. The van der Waals surface area contributed by atoms with E-state index in [0.717, 1.165) is 45.3 Å². The zero-order valence-corrected chi connectivity index (χ0v) is 15.4. The van der Waals surface area contributed by atoms with Gasteiger partial charge in [0.25, 0.3) is 0 Å². The number of hydrogen-bond acceptors (Lipinski definition) is 2. The van der Waals surface area contributed by atoms with E-state index in [2.05, 4.69) is 16.7 Å². The van der Waals surface area contributed by atoms with Crippen LogP contribution in [-0.2, 0) is 0 Å². The van der Waals surface area contributed by atoms with Gasteiger partial charge in [0.2, 0.25) is 0 Å². The number of aliphatic hydroxyl groups is 1. The molecule has 0 atom stereocenters. The molecule has 0 amide bonds. The minimum atomic E-state index is 0.132. The Hall–Kier alpha value is -2.49. The molecule has 4 saturated carbocycles. The average molecular weight is 359 g/mol. The molecule has 4 fully saturated rings. The van der Waals surface area contributed by atoms with Gasteiger partial charge >= 0.3 is 0 Å². The van der Waals surface area contributed by atoms with Gasteiger partial charge in [0, 0.05) is 27.6 Å². The van der Waals surface area contributed by atoms with E-state index in [4.69, 9.17) is 5.41 Å². The van der Waals surface area contributed by atoms with Crippen molar-refractivity contribution in [1.82, 2.24) is 5.32 Å². The van der Waals surface area contributed by atoms with Crippen LogP contribution < -0.4 is 10.6 Å². The van der Waals surface area contributed by atoms with Gasteiger partial charge in [-0.05, 0) is 80.1 Å². The lowest BCUT2D eigenvalue weighted by Gasteiger charge is -2.57. The Kier molecular flexibility index (Phi) is 3.04. The lowest BCUT2D eigenvalue weighted by atomic mass is 9.53. The van der Waals surface area contributed by atoms with E-state index in [0.29, 0.717) is 11.7 Å². The number of anilines is 1. The first-order valence-electron chi connectivity index (χ1n) is 10.2. The lowest BCUT2D eigenvalue weighted by Crippen LogP contribution is -2.60. The first-order chi connectivity index (χ1) is 13.1. The normalized spacial score (nSPS) is 32.6. The van der Waals surface area contributed by atoms with Crippen LogP contribution in [0.5, 0.6) is 0 Å². The molecule has 0 aliphatic heterocycles. The molecule has 4 N–H and O–H groups in total. The highest BCUT2D eigenvalue weighted by Crippen LogP contribution is 2.55. The van der Waals surface area contributed by atoms with Gasteiger partial charge in [0.05, 0.1) is 0 Å². The summed E-state index contributed by atoms with van der Waals surface area (Å²) in [5, 5.41) is 27.8. The number of aliphatic hydroxyl groups excluding tert-OH is 1. The fourth-order valence-corrected chi connectivity index (χ4v) is 6.80. The van der Waals surface area contributed by atoms with E-state index in [1.54, 1.807) is 0 Å². The van der Waals surface area contributed by atoms with Gasteiger partial charge in [-0.2, -0.15) is 0 Å². The third-order valence-corrected chi connectivity index (χ3v) is 7.33. The van der Waals surface area contributed by atoms with E-state index in [1.165, 1.54) is 38.5 Å². The fraction of sp³-hybridized carbons (Fsp3) is 0.435. The predicted octanol–water partition coefficient (Wildman–Crippen LogP) is 5.11. The molecule has 7 rings (SSSR count). The maximum absolute atomic E-state index is 10.2. The van der Waals surface area contributed by atoms with Crippen molar-refractivity contribution in [2.45, 2.75) is 44.1 Å². The fourth-order valence-electron chi connectivity index (χ4n) is 6.80. The Bertz CT molecular complexity index is 971. The zero-order valence-electron chi connectivity index (χ0n) is 15.4. The molecule has 2 aromatic carbocycles. The van der Waals surface area contributed by atoms with Gasteiger partial charge in [0.15, 0.2) is 5.96 Å². The molecule has 4 heteroatoms. The van der Waals surface area contributed by atoms with Crippen molar-refractivity contribution >= 4 is 34.3 Å². The van der Waals surface area contributed by atoms with Crippen molar-refractivity contribution < 1.29 is 5.11 Å². The molecule has 27 heavy (non-hydrogen) atoms. The molecule has 138 valence electrons. The zero-order chi connectivity index (χ0) is 18.2. The average Bonchev–Trinajstić information content (AvgIpc) is 2.92. The van der Waals surface area contributed by atoms with E-state index >= 15 is 0 Å². The van der Waals surface area contributed by atoms with Crippen molar-refractivity contribution in [2.75, 3.05) is 5.32 Å². The summed E-state index contributed by atoms with van der Waals surface area (Å²) in [5.41, 5.74) is 2.99. The maximum Gasteiger partial charge on any atom is 0.193 e. The number of nitrogens with one attached hydrogen (secondary N) is 3. The van der Waals surface area contributed by atoms with E-state index in [9.17, 15) is 5.11 Å². The van der Waals surface area contributed by atoms with E-state index in [1.807, 2.05) is 30.3 Å². The molecular weight excluding hydrogens is 334 g/mol. The van der Waals surface area contributed by atoms with Crippen molar-refractivity contribution in [3.05, 3.63) is 41.5 Å². The van der Waals surface area contributed by atoms with E-state index < -0.39 is 0 Å². The maximum atomic E-state index is 10.2. The molecule has 0 unspecified atom stereocenters. The standard InChI is InChI=1S/C23H25N3O/c24-22(26-23-10-13-6-14(11-23)8-15(7-13)12-23)25-19-5-4-18-20(27)9-16-2-1-3-17(19)21(16)18/h1-5,9,13-15,27H,6-8,10-12H2,(H3,24,25,26). The molecular formula is C23H25N3O. The molecule has 5 aliphatic rings. The summed E-state index contributed by atoms with van der Waals surface area (Å²) in [6.45, 7) is 0. The SMILES string of the molecule is N=C(Nc1ccc2c3c(cccc13)C=C2O)NC12CC3CC(CC(C3)C1)C2. The van der Waals surface area contributed by atoms with Crippen LogP contribution in [0.25, 0.3) is 22.6 Å². The van der Waals surface area contributed by atoms with Crippen molar-refractivity contribution in [3.63, 3.8) is 0 Å². The lowest BCUT2D eigenvalue weighted by molar-refractivity contribution is -0.0101. The summed E-state index contributed by atoms with van der Waals surface area (Å²) in [6, 6.07) is 10.0. The van der Waals surface area contributed by atoms with Crippen LogP contribution in [0.3, 0.4) is 0 Å². The quantitative estimate of drug-likeness (QED) is 0.445. The number of hydrogen-bond donors (Lipinski definition) is 4. The Balaban J connectivity index is 1.28. The Morgan fingerprint density at radius 3 is 2.41 bits per heavy atom. The first kappa shape index (κ1) is 15.6. The Morgan fingerprint density at radius 2 is 1.70 bits per heavy atom. The number of benzene rings is 2. The molecule has 4 bridgehead atoms. The summed E-state index contributed by atoms with van der Waals surface area (Å²) < 4.78 is 0. The molecule has 5 aliphatic carbocycles. The molecule has 0 aromatic heterocycles. The van der Waals surface area contributed by atoms with Gasteiger partial charge in [-0.25, -0.2) is 0 Å². The molecule has 4 nitrogen and oxygen atoms in total. The topological polar surface area (TPSA) is 68.1 Å². The predicted molar refractivity (Wildman–Crippen MR) is 110 cm³/mol. The van der Waals surface area contributed by atoms with Gasteiger partial charge in [-0.1, -0.05) is 18.2 Å². The highest BCUT2D eigenvalue weighted by molar-refractivity contribution is 6.13. The van der Waals surface area contributed by atoms with Gasteiger partial charge in [-0.15, -0.1) is 0 Å². The summed E-state index contributed by atoms with van der Waals surface area (Å²) in [5.74, 6) is 3.33. The van der Waals surface area contributed by atoms with Crippen LogP contribution in [-0.4, -0.2) is 16.6 Å². The second-order valence-corrected chi connectivity index (χ2v) is 9.28. The Morgan fingerprint density at radius 1 is 1.00 bits per heavy atom. The molecule has 2 aromatic rings. The first-order valence-corrected chi connectivity index (χ1v) is 10.2. The summed E-state index contributed by atoms with van der Waals surface area (Å²) in [6.07, 6.45) is 9.73. The van der Waals surface area contributed by atoms with Gasteiger partial charge < -0.3 is 15.7 Å². The minimum Gasteiger partial charge on any atom is -0.507 e. The highest BCUT2D eigenvalue weighted by Gasteiger charge is 2.51. The van der Waals surface area contributed by atoms with Crippen molar-refractivity contribution in [2.24, 2.45) is 17.8 Å². The van der Waals surface area contributed by atoms with Crippen LogP contribution in [0.4, 0.5) is 5.69 Å². The number of guanidine groups is 1. The molecule has 0 spiro atoms. The second-order valence-electron chi connectivity index (χ2n) is 9.28. The second kappa shape index (κ2) is 5.28. The van der Waals surface area contributed by atoms with Crippen LogP contribution in [0, 0.1) is 23.2 Å². The highest BCUT2D eigenvalue weighted by atomic mass is 16.3. The van der Waals surface area contributed by atoms with Gasteiger partial charge in [0.1, 0.15) is 5.76 Å². The number of rotatable bonds is 2. The monoisotopic (exact) mass is 359 g/mol. The van der Waals surface area contributed by atoms with Crippen LogP contribution >= 0.6 is 0 Å². The van der Waals surface area contributed by atoms with E-state index in [-0.39, 0.29) is 5.54 Å². The molecule has 0 heterocycles. The minimum absolute atomic E-state index is 0.132. The summed E-state index contributed by atoms with van der Waals surface area (Å²) in [7, 11) is 0. The molecule has 0 radical (unpaired) electrons. The smallest absolute Gasteiger partial charge is 0.193 e. The van der Waals surface area contributed by atoms with Crippen LogP contribution in [0.1, 0.15) is 49.7 Å². The summed E-state index contributed by atoms with van der Waals surface area (Å²) in [4.78, 5) is 0. The van der Waals surface area contributed by atoms with Crippen LogP contribution in [0.2, 0.25) is 0 Å². The Labute approximate surface area is 159 Å². The van der Waals surface area contributed by atoms with Gasteiger partial charge in [-0.3, -0.25) is 5.41 Å². The largest absolute Gasteiger partial charge is 0.507 e.